The quantitative estimate of drug-likeness (QED) is 0.301. The Hall–Kier alpha value is -1.84. The summed E-state index contributed by atoms with van der Waals surface area (Å²) >= 11 is 13.7. The number of pyridine rings is 1. The summed E-state index contributed by atoms with van der Waals surface area (Å²) in [5, 5.41) is 22.3. The molecule has 0 aliphatic rings. The van der Waals surface area contributed by atoms with Gasteiger partial charge in [-0.05, 0) is 25.1 Å². The van der Waals surface area contributed by atoms with Crippen LogP contribution in [0.15, 0.2) is 41.7 Å². The molecule has 10 heteroatoms. The van der Waals surface area contributed by atoms with E-state index in [1.54, 1.807) is 18.6 Å². The van der Waals surface area contributed by atoms with Gasteiger partial charge < -0.3 is 15.9 Å². The summed E-state index contributed by atoms with van der Waals surface area (Å²) in [6, 6.07) is 4.53. The molecule has 0 bridgehead atoms. The number of aliphatic hydroxyl groups is 2. The minimum atomic E-state index is -1.50. The minimum absolute atomic E-state index is 0.0148. The molecule has 2 aromatic heterocycles. The van der Waals surface area contributed by atoms with Crippen molar-refractivity contribution in [2.45, 2.75) is 29.9 Å². The molecule has 1 aromatic carbocycles. The second-order valence-corrected chi connectivity index (χ2v) is 8.22. The molecule has 0 radical (unpaired) electrons. The van der Waals surface area contributed by atoms with E-state index in [1.165, 1.54) is 28.6 Å². The molecule has 0 saturated carbocycles. The Morgan fingerprint density at radius 1 is 1.25 bits per heavy atom. The van der Waals surface area contributed by atoms with Gasteiger partial charge in [-0.2, -0.15) is 5.10 Å². The molecule has 0 spiro atoms. The Morgan fingerprint density at radius 2 is 2.00 bits per heavy atom. The van der Waals surface area contributed by atoms with Crippen LogP contribution in [0.4, 0.5) is 10.2 Å². The van der Waals surface area contributed by atoms with E-state index in [4.69, 9.17) is 39.1 Å². The molecule has 148 valence electrons. The van der Waals surface area contributed by atoms with Crippen molar-refractivity contribution >= 4 is 40.8 Å². The van der Waals surface area contributed by atoms with Gasteiger partial charge in [0.1, 0.15) is 11.6 Å². The number of rotatable bonds is 6. The monoisotopic (exact) mass is 442 g/mol. The van der Waals surface area contributed by atoms with Crippen LogP contribution in [-0.2, 0) is 6.54 Å². The molecule has 0 fully saturated rings. The third-order valence-electron chi connectivity index (χ3n) is 3.99. The first kappa shape index (κ1) is 20.9. The van der Waals surface area contributed by atoms with Crippen LogP contribution in [0.2, 0.25) is 10.0 Å². The lowest BCUT2D eigenvalue weighted by molar-refractivity contribution is -0.0534. The molecule has 2 heterocycles. The van der Waals surface area contributed by atoms with Gasteiger partial charge in [0.05, 0.1) is 22.7 Å². The fourth-order valence-corrected chi connectivity index (χ4v) is 4.59. The Balaban J connectivity index is 1.88. The average Bonchev–Trinajstić information content (AvgIpc) is 3.08. The normalized spacial score (nSPS) is 12.5. The number of thioether (sulfide) groups is 1. The lowest BCUT2D eigenvalue weighted by Gasteiger charge is -2.16. The van der Waals surface area contributed by atoms with Crippen LogP contribution in [0.1, 0.15) is 17.7 Å². The van der Waals surface area contributed by atoms with E-state index in [1.807, 2.05) is 13.0 Å². The topological polar surface area (TPSA) is 97.2 Å². The van der Waals surface area contributed by atoms with E-state index in [-0.39, 0.29) is 16.8 Å². The zero-order valence-electron chi connectivity index (χ0n) is 14.7. The number of halogens is 3. The van der Waals surface area contributed by atoms with Gasteiger partial charge in [0.2, 0.25) is 0 Å². The van der Waals surface area contributed by atoms with Crippen LogP contribution in [-0.4, -0.2) is 31.3 Å². The number of aliphatic hydroxyl groups excluding tert-OH is 1. The predicted octanol–water partition coefficient (Wildman–Crippen LogP) is 4.14. The maximum absolute atomic E-state index is 13.8. The van der Waals surface area contributed by atoms with Gasteiger partial charge in [-0.25, -0.2) is 9.37 Å². The highest BCUT2D eigenvalue weighted by molar-refractivity contribution is 7.99. The van der Waals surface area contributed by atoms with Gasteiger partial charge in [0.15, 0.2) is 6.29 Å². The average molecular weight is 443 g/mol. The molecular formula is C18H17Cl2FN4O2S. The van der Waals surface area contributed by atoms with E-state index in [2.05, 4.69) is 10.1 Å². The lowest BCUT2D eigenvalue weighted by Crippen LogP contribution is -2.14. The zero-order chi connectivity index (χ0) is 20.4. The zero-order valence-corrected chi connectivity index (χ0v) is 17.0. The van der Waals surface area contributed by atoms with Crippen LogP contribution in [0.3, 0.4) is 0 Å². The van der Waals surface area contributed by atoms with Crippen LogP contribution in [0, 0.1) is 5.82 Å². The van der Waals surface area contributed by atoms with Crippen LogP contribution < -0.4 is 5.73 Å². The first-order valence-corrected chi connectivity index (χ1v) is 9.84. The first-order valence-electron chi connectivity index (χ1n) is 8.20. The number of nitrogens with two attached hydrogens (primary N) is 1. The van der Waals surface area contributed by atoms with Crippen molar-refractivity contribution in [3.63, 3.8) is 0 Å². The summed E-state index contributed by atoms with van der Waals surface area (Å²) in [7, 11) is 0. The van der Waals surface area contributed by atoms with E-state index < -0.39 is 12.1 Å². The SMILES string of the molecule is CC(Sc1cc(-c2cnn(CC(O)O)c2)cnc1N)c1c(Cl)ccc(F)c1Cl. The number of anilines is 1. The van der Waals surface area contributed by atoms with Crippen LogP contribution in [0.5, 0.6) is 0 Å². The predicted molar refractivity (Wildman–Crippen MR) is 109 cm³/mol. The number of hydrogen-bond donors (Lipinski definition) is 3. The maximum Gasteiger partial charge on any atom is 0.171 e. The lowest BCUT2D eigenvalue weighted by atomic mass is 10.1. The summed E-state index contributed by atoms with van der Waals surface area (Å²) in [5.74, 6) is -0.214. The highest BCUT2D eigenvalue weighted by Gasteiger charge is 2.20. The minimum Gasteiger partial charge on any atom is -0.383 e. The molecule has 0 aliphatic heterocycles. The fraction of sp³-hybridized carbons (Fsp3) is 0.222. The number of benzene rings is 1. The summed E-state index contributed by atoms with van der Waals surface area (Å²) in [6.07, 6.45) is 3.37. The molecule has 0 aliphatic carbocycles. The van der Waals surface area contributed by atoms with Gasteiger partial charge in [-0.1, -0.05) is 23.2 Å². The van der Waals surface area contributed by atoms with Crippen LogP contribution in [0.25, 0.3) is 11.1 Å². The molecule has 3 rings (SSSR count). The van der Waals surface area contributed by atoms with E-state index in [9.17, 15) is 4.39 Å². The fourth-order valence-electron chi connectivity index (χ4n) is 2.65. The first-order chi connectivity index (χ1) is 13.3. The van der Waals surface area contributed by atoms with Crippen LogP contribution >= 0.6 is 35.0 Å². The summed E-state index contributed by atoms with van der Waals surface area (Å²) < 4.78 is 15.2. The number of nitrogen functional groups attached to an aromatic ring is 1. The van der Waals surface area contributed by atoms with Crippen molar-refractivity contribution in [1.29, 1.82) is 0 Å². The molecule has 6 nitrogen and oxygen atoms in total. The second-order valence-electron chi connectivity index (χ2n) is 6.06. The molecular weight excluding hydrogens is 426 g/mol. The highest BCUT2D eigenvalue weighted by Crippen LogP contribution is 2.44. The number of aromatic nitrogens is 3. The molecule has 28 heavy (non-hydrogen) atoms. The highest BCUT2D eigenvalue weighted by atomic mass is 35.5. The van der Waals surface area contributed by atoms with E-state index in [0.29, 0.717) is 21.3 Å². The largest absolute Gasteiger partial charge is 0.383 e. The Kier molecular flexibility index (Phi) is 6.47. The van der Waals surface area contributed by atoms with Crippen molar-refractivity contribution < 1.29 is 14.6 Å². The number of nitrogens with zero attached hydrogens (tertiary/aromatic N) is 3. The van der Waals surface area contributed by atoms with Crippen molar-refractivity contribution in [2.24, 2.45) is 0 Å². The van der Waals surface area contributed by atoms with Gasteiger partial charge in [0.25, 0.3) is 0 Å². The molecule has 0 saturated heterocycles. The molecule has 1 unspecified atom stereocenters. The Bertz CT molecular complexity index is 1000. The van der Waals surface area contributed by atoms with Crippen molar-refractivity contribution in [3.8, 4) is 11.1 Å². The molecule has 3 aromatic rings. The second kappa shape index (κ2) is 8.67. The summed E-state index contributed by atoms with van der Waals surface area (Å²) in [5.41, 5.74) is 7.99. The van der Waals surface area contributed by atoms with Crippen molar-refractivity contribution in [2.75, 3.05) is 5.73 Å². The van der Waals surface area contributed by atoms with E-state index in [0.717, 1.165) is 11.1 Å². The number of hydrogen-bond acceptors (Lipinski definition) is 6. The summed E-state index contributed by atoms with van der Waals surface area (Å²) in [6.45, 7) is 1.81. The molecule has 4 N–H and O–H groups in total. The summed E-state index contributed by atoms with van der Waals surface area (Å²) in [4.78, 5) is 4.89. The third-order valence-corrected chi connectivity index (χ3v) is 5.87. The Labute approximate surface area is 175 Å². The smallest absolute Gasteiger partial charge is 0.171 e. The standard InChI is InChI=1S/C18H17Cl2FN4O2S/c1-9(16-12(19)2-3-13(21)17(16)20)28-14-4-10(5-23-18(14)22)11-6-24-25(7-11)8-15(26)27/h2-7,9,15,26-27H,8H2,1H3,(H2,22,23). The molecule has 1 atom stereocenters. The van der Waals surface area contributed by atoms with Gasteiger partial charge in [0, 0.05) is 39.4 Å². The molecule has 0 amide bonds. The van der Waals surface area contributed by atoms with Gasteiger partial charge in [-0.3, -0.25) is 4.68 Å². The Morgan fingerprint density at radius 3 is 2.71 bits per heavy atom. The van der Waals surface area contributed by atoms with Crippen molar-refractivity contribution in [3.05, 3.63) is 58.2 Å². The third kappa shape index (κ3) is 4.59. The van der Waals surface area contributed by atoms with E-state index >= 15 is 0 Å². The van der Waals surface area contributed by atoms with Crippen molar-refractivity contribution in [1.82, 2.24) is 14.8 Å². The van der Waals surface area contributed by atoms with Gasteiger partial charge in [-0.15, -0.1) is 11.8 Å². The van der Waals surface area contributed by atoms with Gasteiger partial charge >= 0.3 is 0 Å². The maximum atomic E-state index is 13.8.